The van der Waals surface area contributed by atoms with E-state index in [1.807, 2.05) is 18.3 Å². The molecule has 2 aromatic carbocycles. The molecule has 0 unspecified atom stereocenters. The number of benzene rings is 2. The molecule has 30 heavy (non-hydrogen) atoms. The SMILES string of the molecule is CC(C)c1cc(-c2nccc3cc(C4CCC(F)(F)CC4)ccc23)c2occc2c1. The Kier molecular flexibility index (Phi) is 4.61. The Morgan fingerprint density at radius 1 is 1.00 bits per heavy atom. The molecule has 0 bridgehead atoms. The number of nitrogens with zero attached hydrogens (tertiary/aromatic N) is 1. The lowest BCUT2D eigenvalue weighted by Crippen LogP contribution is -2.23. The maximum absolute atomic E-state index is 13.6. The lowest BCUT2D eigenvalue weighted by molar-refractivity contribution is -0.0382. The number of alkyl halides is 2. The molecule has 0 radical (unpaired) electrons. The van der Waals surface area contributed by atoms with E-state index in [1.165, 1.54) is 5.56 Å². The first-order valence-electron chi connectivity index (χ1n) is 10.7. The van der Waals surface area contributed by atoms with Crippen LogP contribution in [0.5, 0.6) is 0 Å². The fraction of sp³-hybridized carbons (Fsp3) is 0.346. The minimum Gasteiger partial charge on any atom is -0.464 e. The summed E-state index contributed by atoms with van der Waals surface area (Å²) in [6, 6.07) is 14.7. The summed E-state index contributed by atoms with van der Waals surface area (Å²) in [4.78, 5) is 4.71. The average molecular weight is 405 g/mol. The van der Waals surface area contributed by atoms with Crippen LogP contribution in [0.3, 0.4) is 0 Å². The van der Waals surface area contributed by atoms with Crippen LogP contribution in [-0.4, -0.2) is 10.9 Å². The predicted molar refractivity (Wildman–Crippen MR) is 117 cm³/mol. The summed E-state index contributed by atoms with van der Waals surface area (Å²) in [6.07, 6.45) is 4.60. The first kappa shape index (κ1) is 19.2. The zero-order valence-electron chi connectivity index (χ0n) is 17.3. The molecule has 0 spiro atoms. The van der Waals surface area contributed by atoms with Crippen molar-refractivity contribution < 1.29 is 13.2 Å². The summed E-state index contributed by atoms with van der Waals surface area (Å²) in [5.74, 6) is -1.90. The molecule has 0 saturated heterocycles. The number of aromatic nitrogens is 1. The monoisotopic (exact) mass is 405 g/mol. The van der Waals surface area contributed by atoms with Crippen molar-refractivity contribution in [2.24, 2.45) is 0 Å². The smallest absolute Gasteiger partial charge is 0.248 e. The molecule has 0 aliphatic heterocycles. The van der Waals surface area contributed by atoms with Gasteiger partial charge in [0.25, 0.3) is 0 Å². The second-order valence-electron chi connectivity index (χ2n) is 8.83. The topological polar surface area (TPSA) is 26.0 Å². The molecule has 1 fully saturated rings. The van der Waals surface area contributed by atoms with Gasteiger partial charge in [0, 0.05) is 35.4 Å². The van der Waals surface area contributed by atoms with Gasteiger partial charge in [0.05, 0.1) is 12.0 Å². The second kappa shape index (κ2) is 7.19. The molecule has 1 aliphatic rings. The van der Waals surface area contributed by atoms with Crippen LogP contribution in [-0.2, 0) is 0 Å². The summed E-state index contributed by atoms with van der Waals surface area (Å²) in [6.45, 7) is 4.36. The molecule has 1 aliphatic carbocycles. The van der Waals surface area contributed by atoms with Gasteiger partial charge >= 0.3 is 0 Å². The maximum Gasteiger partial charge on any atom is 0.248 e. The van der Waals surface area contributed by atoms with Gasteiger partial charge in [-0.25, -0.2) is 8.78 Å². The number of fused-ring (bicyclic) bond motifs is 2. The summed E-state index contributed by atoms with van der Waals surface area (Å²) < 4.78 is 32.9. The van der Waals surface area contributed by atoms with Crippen molar-refractivity contribution in [3.63, 3.8) is 0 Å². The van der Waals surface area contributed by atoms with Crippen molar-refractivity contribution in [2.75, 3.05) is 0 Å². The third-order valence-corrected chi connectivity index (χ3v) is 6.47. The maximum atomic E-state index is 13.6. The number of rotatable bonds is 3. The van der Waals surface area contributed by atoms with Crippen LogP contribution < -0.4 is 0 Å². The third-order valence-electron chi connectivity index (χ3n) is 6.47. The Labute approximate surface area is 174 Å². The van der Waals surface area contributed by atoms with Gasteiger partial charge < -0.3 is 4.42 Å². The lowest BCUT2D eigenvalue weighted by atomic mass is 9.81. The lowest BCUT2D eigenvalue weighted by Gasteiger charge is -2.28. The van der Waals surface area contributed by atoms with Crippen molar-refractivity contribution in [1.82, 2.24) is 4.98 Å². The Hall–Kier alpha value is -2.75. The van der Waals surface area contributed by atoms with Crippen LogP contribution in [0.4, 0.5) is 8.78 Å². The van der Waals surface area contributed by atoms with Gasteiger partial charge in [-0.3, -0.25) is 4.98 Å². The molecule has 2 aromatic heterocycles. The molecule has 2 nitrogen and oxygen atoms in total. The Balaban J connectivity index is 1.60. The van der Waals surface area contributed by atoms with E-state index < -0.39 is 5.92 Å². The minimum atomic E-state index is -2.50. The van der Waals surface area contributed by atoms with Crippen LogP contribution in [0.1, 0.15) is 62.5 Å². The molecule has 2 heterocycles. The van der Waals surface area contributed by atoms with E-state index in [0.717, 1.165) is 38.6 Å². The first-order valence-corrected chi connectivity index (χ1v) is 10.7. The fourth-order valence-electron chi connectivity index (χ4n) is 4.65. The Bertz CT molecular complexity index is 1210. The van der Waals surface area contributed by atoms with E-state index in [2.05, 4.69) is 44.2 Å². The van der Waals surface area contributed by atoms with Gasteiger partial charge in [0.15, 0.2) is 0 Å². The molecule has 4 aromatic rings. The Morgan fingerprint density at radius 3 is 2.57 bits per heavy atom. The number of hydrogen-bond donors (Lipinski definition) is 0. The zero-order chi connectivity index (χ0) is 20.9. The van der Waals surface area contributed by atoms with Crippen LogP contribution >= 0.6 is 0 Å². The highest BCUT2D eigenvalue weighted by molar-refractivity contribution is 6.02. The van der Waals surface area contributed by atoms with Crippen molar-refractivity contribution >= 4 is 21.7 Å². The van der Waals surface area contributed by atoms with Crippen LogP contribution in [0.2, 0.25) is 0 Å². The van der Waals surface area contributed by atoms with Crippen LogP contribution in [0, 0.1) is 0 Å². The molecule has 1 saturated carbocycles. The molecule has 154 valence electrons. The van der Waals surface area contributed by atoms with Gasteiger partial charge in [-0.1, -0.05) is 32.0 Å². The summed E-state index contributed by atoms with van der Waals surface area (Å²) in [5.41, 5.74) is 5.14. The van der Waals surface area contributed by atoms with E-state index in [9.17, 15) is 8.78 Å². The largest absolute Gasteiger partial charge is 0.464 e. The van der Waals surface area contributed by atoms with Gasteiger partial charge in [-0.05, 0) is 65.5 Å². The normalized spacial score (nSPS) is 17.2. The first-order chi connectivity index (χ1) is 14.4. The quantitative estimate of drug-likeness (QED) is 0.344. The fourth-order valence-corrected chi connectivity index (χ4v) is 4.65. The number of furan rings is 1. The van der Waals surface area contributed by atoms with E-state index in [1.54, 1.807) is 6.26 Å². The molecule has 5 rings (SSSR count). The molecular formula is C26H25F2NO. The zero-order valence-corrected chi connectivity index (χ0v) is 17.3. The molecular weight excluding hydrogens is 380 g/mol. The highest BCUT2D eigenvalue weighted by atomic mass is 19.3. The van der Waals surface area contributed by atoms with E-state index in [0.29, 0.717) is 18.8 Å². The van der Waals surface area contributed by atoms with Crippen molar-refractivity contribution in [2.45, 2.75) is 57.3 Å². The van der Waals surface area contributed by atoms with Crippen LogP contribution in [0.25, 0.3) is 33.0 Å². The van der Waals surface area contributed by atoms with Crippen LogP contribution in [0.15, 0.2) is 59.3 Å². The van der Waals surface area contributed by atoms with E-state index >= 15 is 0 Å². The van der Waals surface area contributed by atoms with Gasteiger partial charge in [-0.2, -0.15) is 0 Å². The van der Waals surface area contributed by atoms with Crippen molar-refractivity contribution in [3.05, 3.63) is 66.1 Å². The standard InChI is InChI=1S/C26H25F2NO/c1-16(2)21-14-20-8-12-30-25(20)23(15-21)24-22-4-3-18(13-19(22)7-11-29-24)17-5-9-26(27,28)10-6-17/h3-4,7-8,11-17H,5-6,9-10H2,1-2H3. The van der Waals surface area contributed by atoms with Crippen molar-refractivity contribution in [1.29, 1.82) is 0 Å². The second-order valence-corrected chi connectivity index (χ2v) is 8.83. The third kappa shape index (κ3) is 3.38. The van der Waals surface area contributed by atoms with Gasteiger partial charge in [-0.15, -0.1) is 0 Å². The molecule has 0 atom stereocenters. The molecule has 4 heteroatoms. The summed E-state index contributed by atoms with van der Waals surface area (Å²) in [5, 5.41) is 3.22. The summed E-state index contributed by atoms with van der Waals surface area (Å²) in [7, 11) is 0. The number of halogens is 2. The molecule has 0 N–H and O–H groups in total. The van der Waals surface area contributed by atoms with Gasteiger partial charge in [0.1, 0.15) is 5.58 Å². The molecule has 0 amide bonds. The average Bonchev–Trinajstić information content (AvgIpc) is 3.21. The highest BCUT2D eigenvalue weighted by Gasteiger charge is 2.35. The van der Waals surface area contributed by atoms with Crippen molar-refractivity contribution in [3.8, 4) is 11.3 Å². The number of pyridine rings is 1. The highest BCUT2D eigenvalue weighted by Crippen LogP contribution is 2.42. The predicted octanol–water partition coefficient (Wildman–Crippen LogP) is 8.06. The van der Waals surface area contributed by atoms with E-state index in [4.69, 9.17) is 9.40 Å². The summed E-state index contributed by atoms with van der Waals surface area (Å²) >= 11 is 0. The Morgan fingerprint density at radius 2 is 1.80 bits per heavy atom. The van der Waals surface area contributed by atoms with E-state index in [-0.39, 0.29) is 18.8 Å². The number of hydrogen-bond acceptors (Lipinski definition) is 2. The van der Waals surface area contributed by atoms with Gasteiger partial charge in [0.2, 0.25) is 5.92 Å². The minimum absolute atomic E-state index is 0.0181.